The average Bonchev–Trinajstić information content (AvgIpc) is 3.59. The number of β-lactam (4-membered cyclic amide) rings is 1. The van der Waals surface area contributed by atoms with Gasteiger partial charge in [-0.15, -0.1) is 23.1 Å². The summed E-state index contributed by atoms with van der Waals surface area (Å²) in [6, 6.07) is 26.7. The Kier molecular flexibility index (Phi) is 10.7. The molecule has 6 rings (SSSR count). The summed E-state index contributed by atoms with van der Waals surface area (Å²) in [5.74, 6) is -2.38. The van der Waals surface area contributed by atoms with Crippen molar-refractivity contribution in [3.8, 4) is 0 Å². The topological polar surface area (TPSA) is 163 Å². The van der Waals surface area contributed by atoms with E-state index in [2.05, 4.69) is 22.0 Å². The third kappa shape index (κ3) is 7.61. The predicted molar refractivity (Wildman–Crippen MR) is 188 cm³/mol. The van der Waals surface area contributed by atoms with Gasteiger partial charge < -0.3 is 25.4 Å². The number of anilines is 1. The number of aromatic nitrogens is 1. The van der Waals surface area contributed by atoms with Crippen molar-refractivity contribution >= 4 is 57.7 Å². The first-order chi connectivity index (χ1) is 24.3. The second-order valence-electron chi connectivity index (χ2n) is 11.0. The van der Waals surface area contributed by atoms with Crippen molar-refractivity contribution in [3.05, 3.63) is 143 Å². The molecule has 0 radical (unpaired) electrons. The highest BCUT2D eigenvalue weighted by Gasteiger charge is 2.54. The first-order valence-electron chi connectivity index (χ1n) is 15.4. The van der Waals surface area contributed by atoms with Gasteiger partial charge in [-0.25, -0.2) is 14.6 Å². The molecular weight excluding hydrogens is 679 g/mol. The van der Waals surface area contributed by atoms with Crippen LogP contribution in [0, 0.1) is 0 Å². The third-order valence-electron chi connectivity index (χ3n) is 7.71. The SMILES string of the molecule is C=CC1=C(C(=O)OC(c2ccccc2)c2ccccc2)N2C(=O)C(NC(=O)C(=NOCC(=O)OCc3ccccc3)c3csc(N)n3)[C@@H]2SC1. The molecule has 1 fully saturated rings. The first kappa shape index (κ1) is 34.1. The van der Waals surface area contributed by atoms with E-state index in [0.29, 0.717) is 11.3 Å². The zero-order valence-electron chi connectivity index (χ0n) is 26.5. The van der Waals surface area contributed by atoms with Gasteiger partial charge in [0.25, 0.3) is 11.8 Å². The summed E-state index contributed by atoms with van der Waals surface area (Å²) in [6.45, 7) is 3.31. The average molecular weight is 710 g/mol. The molecular formula is C36H31N5O7S2. The second kappa shape index (κ2) is 15.7. The first-order valence-corrected chi connectivity index (χ1v) is 17.3. The van der Waals surface area contributed by atoms with Crippen LogP contribution in [0.1, 0.15) is 28.5 Å². The van der Waals surface area contributed by atoms with Gasteiger partial charge in [-0.2, -0.15) is 0 Å². The normalized spacial score (nSPS) is 17.0. The molecule has 3 aromatic carbocycles. The molecule has 2 atom stereocenters. The Bertz CT molecular complexity index is 1910. The van der Waals surface area contributed by atoms with Gasteiger partial charge in [0.05, 0.1) is 0 Å². The van der Waals surface area contributed by atoms with Crippen molar-refractivity contribution in [3.63, 3.8) is 0 Å². The maximum atomic E-state index is 13.9. The Labute approximate surface area is 295 Å². The number of oxime groups is 1. The van der Waals surface area contributed by atoms with Gasteiger partial charge >= 0.3 is 11.9 Å². The van der Waals surface area contributed by atoms with Crippen LogP contribution >= 0.6 is 23.1 Å². The van der Waals surface area contributed by atoms with Gasteiger partial charge in [0.2, 0.25) is 6.61 Å². The van der Waals surface area contributed by atoms with E-state index >= 15 is 0 Å². The van der Waals surface area contributed by atoms with Gasteiger partial charge in [0, 0.05) is 11.1 Å². The van der Waals surface area contributed by atoms with Crippen LogP contribution in [0.4, 0.5) is 5.13 Å². The standard InChI is InChI=1S/C36H31N5O7S2/c1-2-23-20-49-34-29(33(44)41(34)30(23)35(45)48-31(24-14-8-4-9-15-24)25-16-10-5-11-17-25)39-32(43)28(26-21-50-36(37)38-26)40-47-19-27(42)46-18-22-12-6-3-7-13-22/h2-17,21,29,31,34H,1,18-20H2,(H2,37,38)(H,39,43)/t29?,34-/m0/s1. The van der Waals surface area contributed by atoms with Crippen molar-refractivity contribution in [2.45, 2.75) is 24.1 Å². The molecule has 3 heterocycles. The number of nitrogens with one attached hydrogen (secondary N) is 1. The summed E-state index contributed by atoms with van der Waals surface area (Å²) in [5.41, 5.74) is 8.50. The Hall–Kier alpha value is -5.73. The Balaban J connectivity index is 1.15. The molecule has 50 heavy (non-hydrogen) atoms. The number of nitrogen functional groups attached to an aromatic ring is 1. The highest BCUT2D eigenvalue weighted by atomic mass is 32.2. The minimum Gasteiger partial charge on any atom is -0.458 e. The summed E-state index contributed by atoms with van der Waals surface area (Å²) >= 11 is 2.43. The number of fused-ring (bicyclic) bond motifs is 1. The lowest BCUT2D eigenvalue weighted by atomic mass is 10.0. The number of thiazole rings is 1. The molecule has 1 unspecified atom stereocenters. The van der Waals surface area contributed by atoms with E-state index in [1.54, 1.807) is 12.1 Å². The van der Waals surface area contributed by atoms with Crippen molar-refractivity contribution < 1.29 is 33.5 Å². The summed E-state index contributed by atoms with van der Waals surface area (Å²) in [4.78, 5) is 63.9. The van der Waals surface area contributed by atoms with Gasteiger partial charge in [0.1, 0.15) is 29.4 Å². The van der Waals surface area contributed by atoms with Crippen LogP contribution in [0.15, 0.2) is 125 Å². The number of thioether (sulfide) groups is 1. The molecule has 254 valence electrons. The van der Waals surface area contributed by atoms with Crippen LogP contribution in [0.5, 0.6) is 0 Å². The van der Waals surface area contributed by atoms with E-state index in [4.69, 9.17) is 20.0 Å². The van der Waals surface area contributed by atoms with E-state index in [1.165, 1.54) is 28.1 Å². The summed E-state index contributed by atoms with van der Waals surface area (Å²) in [6.07, 6.45) is 0.793. The molecule has 0 spiro atoms. The number of nitrogens with two attached hydrogens (primary N) is 1. The van der Waals surface area contributed by atoms with E-state index in [-0.39, 0.29) is 28.8 Å². The van der Waals surface area contributed by atoms with E-state index in [1.807, 2.05) is 78.9 Å². The van der Waals surface area contributed by atoms with Gasteiger partial charge in [-0.1, -0.05) is 109 Å². The Morgan fingerprint density at radius 2 is 1.66 bits per heavy atom. The van der Waals surface area contributed by atoms with Gasteiger partial charge in [0.15, 0.2) is 16.9 Å². The van der Waals surface area contributed by atoms with E-state index < -0.39 is 47.9 Å². The lowest BCUT2D eigenvalue weighted by molar-refractivity contribution is -0.154. The molecule has 3 N–H and O–H groups in total. The number of amides is 2. The Morgan fingerprint density at radius 1 is 1.02 bits per heavy atom. The number of carbonyl (C=O) groups is 4. The summed E-state index contributed by atoms with van der Waals surface area (Å²) in [7, 11) is 0. The molecule has 0 bridgehead atoms. The third-order valence-corrected chi connectivity index (χ3v) is 9.69. The fourth-order valence-electron chi connectivity index (χ4n) is 5.28. The molecule has 1 saturated heterocycles. The molecule has 4 aromatic rings. The number of carbonyl (C=O) groups excluding carboxylic acids is 4. The minimum atomic E-state index is -1.02. The maximum Gasteiger partial charge on any atom is 0.356 e. The zero-order valence-corrected chi connectivity index (χ0v) is 28.1. The number of benzene rings is 3. The molecule has 2 aliphatic rings. The molecule has 12 nitrogen and oxygen atoms in total. The van der Waals surface area contributed by atoms with E-state index in [9.17, 15) is 19.2 Å². The number of hydrogen-bond donors (Lipinski definition) is 2. The van der Waals surface area contributed by atoms with Crippen LogP contribution in [-0.4, -0.2) is 63.1 Å². The van der Waals surface area contributed by atoms with Gasteiger partial charge in [-0.3, -0.25) is 14.5 Å². The number of ether oxygens (including phenoxy) is 2. The molecule has 2 amide bonds. The molecule has 0 saturated carbocycles. The highest BCUT2D eigenvalue weighted by molar-refractivity contribution is 8.00. The maximum absolute atomic E-state index is 13.9. The number of hydrogen-bond acceptors (Lipinski definition) is 12. The quantitative estimate of drug-likeness (QED) is 0.0883. The summed E-state index contributed by atoms with van der Waals surface area (Å²) < 4.78 is 11.3. The lowest BCUT2D eigenvalue weighted by Crippen LogP contribution is -2.71. The number of nitrogens with zero attached hydrogens (tertiary/aromatic N) is 3. The van der Waals surface area contributed by atoms with Crippen molar-refractivity contribution in [1.82, 2.24) is 15.2 Å². The lowest BCUT2D eigenvalue weighted by Gasteiger charge is -2.49. The van der Waals surface area contributed by atoms with Crippen molar-refractivity contribution in [2.75, 3.05) is 18.1 Å². The van der Waals surface area contributed by atoms with Crippen molar-refractivity contribution in [1.29, 1.82) is 0 Å². The highest BCUT2D eigenvalue weighted by Crippen LogP contribution is 2.42. The Morgan fingerprint density at radius 3 is 2.26 bits per heavy atom. The van der Waals surface area contributed by atoms with Crippen LogP contribution in [0.25, 0.3) is 0 Å². The molecule has 1 aromatic heterocycles. The van der Waals surface area contributed by atoms with Crippen molar-refractivity contribution in [2.24, 2.45) is 5.16 Å². The van der Waals surface area contributed by atoms with Crippen LogP contribution in [-0.2, 0) is 40.1 Å². The van der Waals surface area contributed by atoms with Crippen LogP contribution in [0.2, 0.25) is 0 Å². The molecule has 14 heteroatoms. The number of allylic oxidation sites excluding steroid dienone is 1. The monoisotopic (exact) mass is 709 g/mol. The predicted octanol–water partition coefficient (Wildman–Crippen LogP) is 4.36. The van der Waals surface area contributed by atoms with Gasteiger partial charge in [-0.05, 0) is 22.3 Å². The fourth-order valence-corrected chi connectivity index (χ4v) is 7.16. The summed E-state index contributed by atoms with van der Waals surface area (Å²) in [5, 5.41) is 7.60. The molecule has 2 aliphatic heterocycles. The fraction of sp³-hybridized carbons (Fsp3) is 0.167. The largest absolute Gasteiger partial charge is 0.458 e. The second-order valence-corrected chi connectivity index (χ2v) is 13.0. The van der Waals surface area contributed by atoms with Crippen LogP contribution < -0.4 is 11.1 Å². The molecule has 0 aliphatic carbocycles. The van der Waals surface area contributed by atoms with E-state index in [0.717, 1.165) is 28.0 Å². The smallest absolute Gasteiger partial charge is 0.356 e. The van der Waals surface area contributed by atoms with Crippen LogP contribution in [0.3, 0.4) is 0 Å². The number of rotatable bonds is 13. The zero-order chi connectivity index (χ0) is 35.0. The number of esters is 2. The minimum absolute atomic E-state index is 0.0404.